The van der Waals surface area contributed by atoms with Crippen LogP contribution in [-0.4, -0.2) is 64.5 Å². The number of hydrogen-bond acceptors (Lipinski definition) is 12. The number of phenols is 1. The molecule has 268 valence electrons. The lowest BCUT2D eigenvalue weighted by atomic mass is 10.1. The summed E-state index contributed by atoms with van der Waals surface area (Å²) in [6.07, 6.45) is -0.904. The number of phenolic OH excluding ortho intramolecular Hbond substituents is 1. The topological polar surface area (TPSA) is 175 Å². The summed E-state index contributed by atoms with van der Waals surface area (Å²) in [7, 11) is 7.96. The fourth-order valence-corrected chi connectivity index (χ4v) is 3.89. The molecule has 0 radical (unpaired) electrons. The van der Waals surface area contributed by atoms with Gasteiger partial charge in [-0.25, -0.2) is 9.59 Å². The van der Waals surface area contributed by atoms with E-state index in [2.05, 4.69) is 16.6 Å². The van der Waals surface area contributed by atoms with Gasteiger partial charge in [0.25, 0.3) is 11.4 Å². The molecule has 0 fully saturated rings. The summed E-state index contributed by atoms with van der Waals surface area (Å²) >= 11 is 4.92. The summed E-state index contributed by atoms with van der Waals surface area (Å²) in [4.78, 5) is 45.9. The number of nitro benzene ring substituents is 2. The smallest absolute Gasteiger partial charge is 0.508 e. The van der Waals surface area contributed by atoms with Crippen molar-refractivity contribution in [2.75, 3.05) is 28.2 Å². The third kappa shape index (κ3) is 14.7. The van der Waals surface area contributed by atoms with Crippen molar-refractivity contribution in [1.82, 2.24) is 9.80 Å². The Kier molecular flexibility index (Phi) is 17.6. The Labute approximate surface area is 295 Å². The molecule has 14 nitrogen and oxygen atoms in total. The van der Waals surface area contributed by atoms with E-state index in [1.165, 1.54) is 48.5 Å². The number of carbonyl (C=O) groups is 2. The van der Waals surface area contributed by atoms with Crippen molar-refractivity contribution in [3.8, 4) is 23.0 Å². The minimum Gasteiger partial charge on any atom is -0.508 e. The van der Waals surface area contributed by atoms with Crippen LogP contribution < -0.4 is 14.2 Å². The van der Waals surface area contributed by atoms with Gasteiger partial charge in [-0.05, 0) is 102 Å². The highest BCUT2D eigenvalue weighted by atomic mass is 35.5. The van der Waals surface area contributed by atoms with E-state index in [1.54, 1.807) is 30.3 Å². The van der Waals surface area contributed by atoms with Gasteiger partial charge >= 0.3 is 11.6 Å². The van der Waals surface area contributed by atoms with E-state index in [0.29, 0.717) is 17.5 Å². The zero-order valence-electron chi connectivity index (χ0n) is 27.7. The monoisotopic (exact) mass is 712 g/mol. The van der Waals surface area contributed by atoms with Gasteiger partial charge in [0.15, 0.2) is 0 Å². The van der Waals surface area contributed by atoms with Crippen molar-refractivity contribution in [3.05, 3.63) is 128 Å². The van der Waals surface area contributed by atoms with Crippen LogP contribution in [0.2, 0.25) is 0 Å². The van der Waals surface area contributed by atoms with Crippen molar-refractivity contribution < 1.29 is 38.8 Å². The highest BCUT2D eigenvalue weighted by Crippen LogP contribution is 2.24. The van der Waals surface area contributed by atoms with E-state index < -0.39 is 21.4 Å². The molecule has 4 aromatic rings. The maximum absolute atomic E-state index is 11.8. The molecule has 0 aliphatic rings. The first-order chi connectivity index (χ1) is 23.1. The van der Waals surface area contributed by atoms with Crippen LogP contribution in [0.15, 0.2) is 97.1 Å². The highest BCUT2D eigenvalue weighted by Gasteiger charge is 2.13. The number of carbonyl (C=O) groups excluding carboxylic acids is 2. The normalized spacial score (nSPS) is 11.3. The molecule has 0 heterocycles. The predicted molar refractivity (Wildman–Crippen MR) is 190 cm³/mol. The molecule has 0 amide bonds. The van der Waals surface area contributed by atoms with Crippen molar-refractivity contribution in [3.63, 3.8) is 0 Å². The average molecular weight is 713 g/mol. The molecule has 0 aromatic heterocycles. The summed E-state index contributed by atoms with van der Waals surface area (Å²) in [5, 5.41) is 30.0. The molecule has 0 spiro atoms. The van der Waals surface area contributed by atoms with Crippen molar-refractivity contribution in [2.45, 2.75) is 33.4 Å². The summed E-state index contributed by atoms with van der Waals surface area (Å²) in [5.74, 6) is 1.04. The quantitative estimate of drug-likeness (QED) is 0.0575. The molecule has 0 aliphatic heterocycles. The van der Waals surface area contributed by atoms with Crippen LogP contribution in [0, 0.1) is 20.2 Å². The number of ether oxygens (including phenoxy) is 3. The second-order valence-corrected chi connectivity index (χ2v) is 11.1. The number of benzene rings is 4. The number of nitro groups is 2. The predicted octanol–water partition coefficient (Wildman–Crippen LogP) is 8.78. The standard InChI is InChI=1S/C17H18N2O5.C10H15NO.C7H4ClNO4.CH4/c1-12(18(2)3)13-5-4-6-16(11-13)24-17(20)23-15-9-7-14(8-10-15)19(21)22;1-8(11(2)3)9-5-4-6-10(12)7-9;8-7(10)13-6-3-1-5(2-4-6)9(11)12;/h4-12H,1-3H3;4-8,12H,1-3H3;1-4H;1H4. The van der Waals surface area contributed by atoms with Crippen LogP contribution in [0.3, 0.4) is 0 Å². The molecule has 1 N–H and O–H groups in total. The molecule has 15 heteroatoms. The van der Waals surface area contributed by atoms with Crippen LogP contribution in [0.25, 0.3) is 0 Å². The Bertz CT molecular complexity index is 1700. The van der Waals surface area contributed by atoms with Crippen LogP contribution in [0.4, 0.5) is 21.0 Å². The zero-order valence-corrected chi connectivity index (χ0v) is 28.4. The molecular formula is C35H41ClN4O10. The van der Waals surface area contributed by atoms with E-state index >= 15 is 0 Å². The second kappa shape index (κ2) is 20.7. The van der Waals surface area contributed by atoms with Crippen molar-refractivity contribution in [1.29, 1.82) is 0 Å². The molecule has 4 rings (SSSR count). The van der Waals surface area contributed by atoms with Crippen LogP contribution in [0.1, 0.15) is 44.5 Å². The summed E-state index contributed by atoms with van der Waals surface area (Å²) in [5.41, 5.74) is 1.00. The Hall–Kier alpha value is -5.57. The van der Waals surface area contributed by atoms with Gasteiger partial charge in [-0.15, -0.1) is 0 Å². The van der Waals surface area contributed by atoms with Crippen molar-refractivity contribution >= 4 is 34.6 Å². The van der Waals surface area contributed by atoms with Crippen LogP contribution >= 0.6 is 11.6 Å². The van der Waals surface area contributed by atoms with Gasteiger partial charge in [0, 0.05) is 48.0 Å². The first kappa shape index (κ1) is 42.5. The fourth-order valence-electron chi connectivity index (χ4n) is 3.80. The summed E-state index contributed by atoms with van der Waals surface area (Å²) in [6, 6.07) is 25.2. The van der Waals surface area contributed by atoms with Gasteiger partial charge in [-0.1, -0.05) is 31.7 Å². The largest absolute Gasteiger partial charge is 0.519 e. The fraction of sp³-hybridized carbons (Fsp3) is 0.257. The number of non-ortho nitro benzene ring substituents is 2. The first-order valence-corrected chi connectivity index (χ1v) is 14.9. The molecular weight excluding hydrogens is 672 g/mol. The number of halogens is 1. The minimum atomic E-state index is -0.978. The number of hydrogen-bond donors (Lipinski definition) is 1. The molecule has 0 aliphatic carbocycles. The summed E-state index contributed by atoms with van der Waals surface area (Å²) < 4.78 is 14.6. The average Bonchev–Trinajstić information content (AvgIpc) is 3.05. The van der Waals surface area contributed by atoms with Gasteiger partial charge in [-0.2, -0.15) is 0 Å². The first-order valence-electron chi connectivity index (χ1n) is 14.5. The number of rotatable bonds is 9. The van der Waals surface area contributed by atoms with Gasteiger partial charge in [0.1, 0.15) is 23.0 Å². The van der Waals surface area contributed by atoms with E-state index in [-0.39, 0.29) is 36.3 Å². The SMILES string of the molecule is C.CC(c1cccc(O)c1)N(C)C.CC(c1cccc(OC(=O)Oc2ccc([N+](=O)[O-])cc2)c1)N(C)C.O=C(Cl)Oc1ccc([N+](=O)[O-])cc1. The lowest BCUT2D eigenvalue weighted by Gasteiger charge is -2.20. The van der Waals surface area contributed by atoms with Crippen molar-refractivity contribution in [2.24, 2.45) is 0 Å². The van der Waals surface area contributed by atoms with E-state index in [0.717, 1.165) is 11.1 Å². The zero-order chi connectivity index (χ0) is 36.7. The molecule has 50 heavy (non-hydrogen) atoms. The van der Waals surface area contributed by atoms with Gasteiger partial charge in [-0.3, -0.25) is 20.2 Å². The molecule has 2 atom stereocenters. The van der Waals surface area contributed by atoms with E-state index in [1.807, 2.05) is 58.2 Å². The van der Waals surface area contributed by atoms with Gasteiger partial charge in [0.2, 0.25) is 0 Å². The number of nitrogens with zero attached hydrogens (tertiary/aromatic N) is 4. The second-order valence-electron chi connectivity index (χ2n) is 10.7. The molecule has 0 bridgehead atoms. The Morgan fingerprint density at radius 2 is 1.06 bits per heavy atom. The molecule has 4 aromatic carbocycles. The van der Waals surface area contributed by atoms with Gasteiger partial charge in [0.05, 0.1) is 9.85 Å². The molecule has 0 saturated heterocycles. The Balaban J connectivity index is 0.000000407. The minimum absolute atomic E-state index is 0. The lowest BCUT2D eigenvalue weighted by Crippen LogP contribution is -2.17. The maximum Gasteiger partial charge on any atom is 0.519 e. The summed E-state index contributed by atoms with van der Waals surface area (Å²) in [6.45, 7) is 4.14. The Morgan fingerprint density at radius 3 is 1.46 bits per heavy atom. The highest BCUT2D eigenvalue weighted by molar-refractivity contribution is 6.61. The third-order valence-corrected chi connectivity index (χ3v) is 7.01. The third-order valence-electron chi connectivity index (χ3n) is 6.94. The number of aromatic hydroxyl groups is 1. The lowest BCUT2D eigenvalue weighted by molar-refractivity contribution is -0.385. The van der Waals surface area contributed by atoms with E-state index in [4.69, 9.17) is 21.1 Å². The van der Waals surface area contributed by atoms with Crippen LogP contribution in [0.5, 0.6) is 23.0 Å². The van der Waals surface area contributed by atoms with E-state index in [9.17, 15) is 34.9 Å². The maximum atomic E-state index is 11.8. The van der Waals surface area contributed by atoms with Crippen LogP contribution in [-0.2, 0) is 0 Å². The molecule has 0 saturated carbocycles. The molecule has 2 unspecified atom stereocenters. The van der Waals surface area contributed by atoms with Gasteiger partial charge < -0.3 is 29.1 Å². The Morgan fingerprint density at radius 1 is 0.660 bits per heavy atom.